The zero-order valence-corrected chi connectivity index (χ0v) is 28.1. The predicted octanol–water partition coefficient (Wildman–Crippen LogP) is 12.1. The van der Waals surface area contributed by atoms with Crippen molar-refractivity contribution in [2.24, 2.45) is 0 Å². The number of benzene rings is 7. The molecule has 0 aliphatic rings. The van der Waals surface area contributed by atoms with Gasteiger partial charge in [-0.1, -0.05) is 115 Å². The highest BCUT2D eigenvalue weighted by Gasteiger charge is 2.21. The van der Waals surface area contributed by atoms with E-state index in [9.17, 15) is 5.26 Å². The van der Waals surface area contributed by atoms with Gasteiger partial charge >= 0.3 is 0 Å². The van der Waals surface area contributed by atoms with Crippen LogP contribution in [0.3, 0.4) is 0 Å². The van der Waals surface area contributed by atoms with E-state index in [-0.39, 0.29) is 0 Å². The third kappa shape index (κ3) is 4.72. The van der Waals surface area contributed by atoms with Crippen molar-refractivity contribution in [2.45, 2.75) is 0 Å². The molecule has 10 rings (SSSR count). The highest BCUT2D eigenvalue weighted by Crippen LogP contribution is 2.42. The number of aromatic nitrogens is 3. The number of para-hydroxylation sites is 2. The third-order valence-corrected chi connectivity index (χ3v) is 10.1. The van der Waals surface area contributed by atoms with Gasteiger partial charge in [0.2, 0.25) is 0 Å². The SMILES string of the molecule is N#Cc1ccc(-n2c3ccccc3c3c2ccc2c4ccccc4n(-c4ccc(-c5cc(-c6ccccc6)nc(-c6ccccc6)c5)cc4)c23)cc1. The number of pyridine rings is 1. The molecule has 4 heteroatoms. The summed E-state index contributed by atoms with van der Waals surface area (Å²) in [6.07, 6.45) is 0. The van der Waals surface area contributed by atoms with Crippen molar-refractivity contribution in [1.29, 1.82) is 5.26 Å². The van der Waals surface area contributed by atoms with Crippen LogP contribution < -0.4 is 0 Å². The van der Waals surface area contributed by atoms with Crippen LogP contribution in [0.1, 0.15) is 5.56 Å². The van der Waals surface area contributed by atoms with Gasteiger partial charge in [0, 0.05) is 44.0 Å². The lowest BCUT2D eigenvalue weighted by molar-refractivity contribution is 1.17. The van der Waals surface area contributed by atoms with Crippen molar-refractivity contribution in [2.75, 3.05) is 0 Å². The van der Waals surface area contributed by atoms with E-state index in [1.165, 1.54) is 27.1 Å². The maximum atomic E-state index is 9.47. The summed E-state index contributed by atoms with van der Waals surface area (Å²) in [7, 11) is 0. The van der Waals surface area contributed by atoms with E-state index in [1.807, 2.05) is 36.4 Å². The van der Waals surface area contributed by atoms with Crippen LogP contribution in [0.5, 0.6) is 0 Å². The molecule has 4 nitrogen and oxygen atoms in total. The Hall–Kier alpha value is -7.22. The van der Waals surface area contributed by atoms with Gasteiger partial charge in [-0.25, -0.2) is 4.98 Å². The van der Waals surface area contributed by atoms with E-state index in [0.717, 1.165) is 61.6 Å². The topological polar surface area (TPSA) is 46.5 Å². The predicted molar refractivity (Wildman–Crippen MR) is 214 cm³/mol. The van der Waals surface area contributed by atoms with Crippen LogP contribution in [0, 0.1) is 11.3 Å². The fourth-order valence-corrected chi connectivity index (χ4v) is 7.75. The molecule has 0 atom stereocenters. The Kier molecular flexibility index (Phi) is 6.84. The summed E-state index contributed by atoms with van der Waals surface area (Å²) in [6.45, 7) is 0. The Balaban J connectivity index is 1.19. The van der Waals surface area contributed by atoms with Crippen molar-refractivity contribution in [1.82, 2.24) is 14.1 Å². The lowest BCUT2D eigenvalue weighted by Crippen LogP contribution is -1.96. The second kappa shape index (κ2) is 12.0. The van der Waals surface area contributed by atoms with Gasteiger partial charge in [0.15, 0.2) is 0 Å². The van der Waals surface area contributed by atoms with Crippen molar-refractivity contribution < 1.29 is 0 Å². The number of hydrogen-bond donors (Lipinski definition) is 0. The summed E-state index contributed by atoms with van der Waals surface area (Å²) in [5.41, 5.74) is 13.7. The Labute approximate surface area is 300 Å². The highest BCUT2D eigenvalue weighted by molar-refractivity contribution is 6.26. The summed E-state index contributed by atoms with van der Waals surface area (Å²) in [5.74, 6) is 0. The highest BCUT2D eigenvalue weighted by atomic mass is 15.0. The normalized spacial score (nSPS) is 11.4. The lowest BCUT2D eigenvalue weighted by atomic mass is 10.00. The summed E-state index contributed by atoms with van der Waals surface area (Å²) >= 11 is 0. The average molecular weight is 663 g/mol. The second-order valence-corrected chi connectivity index (χ2v) is 13.1. The first-order valence-corrected chi connectivity index (χ1v) is 17.4. The van der Waals surface area contributed by atoms with E-state index in [4.69, 9.17) is 4.98 Å². The molecule has 3 heterocycles. The van der Waals surface area contributed by atoms with E-state index in [2.05, 4.69) is 161 Å². The monoisotopic (exact) mass is 662 g/mol. The maximum absolute atomic E-state index is 9.47. The Bertz CT molecular complexity index is 2920. The molecule has 0 bridgehead atoms. The maximum Gasteiger partial charge on any atom is 0.0991 e. The fraction of sp³-hybridized carbons (Fsp3) is 0. The molecule has 0 radical (unpaired) electrons. The molecule has 0 saturated heterocycles. The largest absolute Gasteiger partial charge is 0.309 e. The Morgan fingerprint density at radius 1 is 0.404 bits per heavy atom. The van der Waals surface area contributed by atoms with Crippen LogP contribution in [0.15, 0.2) is 182 Å². The standard InChI is InChI=1S/C48H30N4/c49-31-32-19-23-37(24-20-32)51-45-18-10-8-16-41(45)47-46(51)28-27-40-39-15-7-9-17-44(39)52(48(40)47)38-25-21-33(22-26-38)36-29-42(34-11-3-1-4-12-34)50-43(30-36)35-13-5-2-6-14-35/h1-30H. The number of fused-ring (bicyclic) bond motifs is 7. The fourth-order valence-electron chi connectivity index (χ4n) is 7.75. The average Bonchev–Trinajstić information content (AvgIpc) is 3.74. The van der Waals surface area contributed by atoms with Gasteiger partial charge in [-0.2, -0.15) is 5.26 Å². The molecule has 242 valence electrons. The van der Waals surface area contributed by atoms with Crippen LogP contribution >= 0.6 is 0 Å². The smallest absolute Gasteiger partial charge is 0.0991 e. The molecular weight excluding hydrogens is 633 g/mol. The van der Waals surface area contributed by atoms with E-state index in [1.54, 1.807) is 0 Å². The molecule has 0 unspecified atom stereocenters. The zero-order valence-electron chi connectivity index (χ0n) is 28.1. The van der Waals surface area contributed by atoms with Crippen molar-refractivity contribution >= 4 is 43.6 Å². The minimum absolute atomic E-state index is 0.648. The van der Waals surface area contributed by atoms with Gasteiger partial charge in [0.1, 0.15) is 0 Å². The quantitative estimate of drug-likeness (QED) is 0.184. The second-order valence-electron chi connectivity index (χ2n) is 13.1. The molecule has 0 N–H and O–H groups in total. The number of hydrogen-bond acceptors (Lipinski definition) is 2. The summed E-state index contributed by atoms with van der Waals surface area (Å²) in [6, 6.07) is 66.0. The van der Waals surface area contributed by atoms with Gasteiger partial charge in [0.25, 0.3) is 0 Å². The van der Waals surface area contributed by atoms with Gasteiger partial charge in [0.05, 0.1) is 45.1 Å². The molecule has 3 aromatic heterocycles. The molecule has 0 fully saturated rings. The third-order valence-electron chi connectivity index (χ3n) is 10.1. The van der Waals surface area contributed by atoms with Gasteiger partial charge in [-0.05, 0) is 77.9 Å². The van der Waals surface area contributed by atoms with Crippen molar-refractivity contribution in [3.8, 4) is 51.1 Å². The van der Waals surface area contributed by atoms with E-state index < -0.39 is 0 Å². The Morgan fingerprint density at radius 3 is 1.58 bits per heavy atom. The van der Waals surface area contributed by atoms with E-state index >= 15 is 0 Å². The molecule has 0 aliphatic carbocycles. The zero-order chi connectivity index (χ0) is 34.6. The first-order chi connectivity index (χ1) is 25.7. The number of nitrogens with zero attached hydrogens (tertiary/aromatic N) is 4. The minimum Gasteiger partial charge on any atom is -0.309 e. The van der Waals surface area contributed by atoms with Crippen LogP contribution in [0.4, 0.5) is 0 Å². The summed E-state index contributed by atoms with van der Waals surface area (Å²) in [5, 5.41) is 14.3. The molecule has 0 saturated carbocycles. The van der Waals surface area contributed by atoms with Crippen LogP contribution in [0.25, 0.3) is 88.6 Å². The molecule has 0 spiro atoms. The van der Waals surface area contributed by atoms with Crippen LogP contribution in [0.2, 0.25) is 0 Å². The molecule has 10 aromatic rings. The summed E-state index contributed by atoms with van der Waals surface area (Å²) < 4.78 is 4.73. The summed E-state index contributed by atoms with van der Waals surface area (Å²) in [4.78, 5) is 5.09. The van der Waals surface area contributed by atoms with Crippen LogP contribution in [-0.4, -0.2) is 14.1 Å². The molecule has 0 aliphatic heterocycles. The number of rotatable bonds is 5. The van der Waals surface area contributed by atoms with Gasteiger partial charge in [-0.3, -0.25) is 0 Å². The Morgan fingerprint density at radius 2 is 0.942 bits per heavy atom. The first-order valence-electron chi connectivity index (χ1n) is 17.4. The lowest BCUT2D eigenvalue weighted by Gasteiger charge is -2.13. The van der Waals surface area contributed by atoms with Gasteiger partial charge < -0.3 is 9.13 Å². The molecule has 7 aromatic carbocycles. The van der Waals surface area contributed by atoms with Crippen molar-refractivity contribution in [3.63, 3.8) is 0 Å². The minimum atomic E-state index is 0.648. The first kappa shape index (κ1) is 29.7. The molecule has 0 amide bonds. The molecular formula is C48H30N4. The van der Waals surface area contributed by atoms with E-state index in [0.29, 0.717) is 5.56 Å². The van der Waals surface area contributed by atoms with Crippen molar-refractivity contribution in [3.05, 3.63) is 188 Å². The number of nitriles is 1. The molecule has 52 heavy (non-hydrogen) atoms. The van der Waals surface area contributed by atoms with Crippen LogP contribution in [-0.2, 0) is 0 Å². The van der Waals surface area contributed by atoms with Gasteiger partial charge in [-0.15, -0.1) is 0 Å².